The van der Waals surface area contributed by atoms with Crippen LogP contribution in [0, 0.1) is 11.8 Å². The predicted molar refractivity (Wildman–Crippen MR) is 225 cm³/mol. The summed E-state index contributed by atoms with van der Waals surface area (Å²) in [5, 5.41) is 23.5. The molecule has 0 saturated carbocycles. The Morgan fingerprint density at radius 3 is 1.84 bits per heavy atom. The van der Waals surface area contributed by atoms with Gasteiger partial charge in [0.2, 0.25) is 5.91 Å². The van der Waals surface area contributed by atoms with Crippen molar-refractivity contribution >= 4 is 79.1 Å². The molecular weight excluding hydrogens is 921 g/mol. The van der Waals surface area contributed by atoms with Crippen LogP contribution in [0.2, 0.25) is 0 Å². The van der Waals surface area contributed by atoms with Crippen LogP contribution in [0.5, 0.6) is 0 Å². The molecule has 0 aliphatic carbocycles. The Balaban J connectivity index is 0.0000198. The van der Waals surface area contributed by atoms with Gasteiger partial charge in [-0.25, -0.2) is 6.29 Å². The van der Waals surface area contributed by atoms with Crippen LogP contribution in [0.1, 0.15) is 60.3 Å². The SMILES string of the molecule is CSCC[C@@H](C=O)N[C@@H](C(=O)N1CCN([C@H]([C-]=O)N[C@H](C=O)C(C)C)C(=O)[C@@H]1N[C@@H](C)C=O)N1CCN(C(=O)[C@@H](CN)N[C@H](C=O)CC(C)C)[C@@H](N[C@H](C=O)CCC(=O)O)C1=O.[Y]. The molecule has 22 nitrogen and oxygen atoms in total. The van der Waals surface area contributed by atoms with E-state index in [4.69, 9.17) is 5.73 Å². The fraction of sp³-hybridized carbons (Fsp3) is 0.718. The summed E-state index contributed by atoms with van der Waals surface area (Å²) in [4.78, 5) is 146. The fourth-order valence-corrected chi connectivity index (χ4v) is 7.47. The van der Waals surface area contributed by atoms with Gasteiger partial charge in [-0.2, -0.15) is 11.8 Å². The molecular formula is C39H63N10O12SY-. The maximum absolute atomic E-state index is 15.0. The number of nitrogens with zero attached hydrogens (tertiary/aromatic N) is 4. The number of nitrogens with two attached hydrogens (primary N) is 1. The molecule has 63 heavy (non-hydrogen) atoms. The fourth-order valence-electron chi connectivity index (χ4n) is 6.98. The van der Waals surface area contributed by atoms with Gasteiger partial charge >= 0.3 is 5.97 Å². The van der Waals surface area contributed by atoms with Gasteiger partial charge < -0.3 is 64.5 Å². The zero-order valence-electron chi connectivity index (χ0n) is 36.7. The minimum absolute atomic E-state index is 0. The van der Waals surface area contributed by atoms with Crippen molar-refractivity contribution in [2.24, 2.45) is 17.6 Å². The van der Waals surface area contributed by atoms with E-state index in [1.807, 2.05) is 13.8 Å². The summed E-state index contributed by atoms with van der Waals surface area (Å²) in [5.41, 5.74) is 6.00. The van der Waals surface area contributed by atoms with Gasteiger partial charge in [0.15, 0.2) is 18.5 Å². The van der Waals surface area contributed by atoms with E-state index in [1.54, 1.807) is 26.4 Å². The number of carbonyl (C=O) groups excluding carboxylic acids is 10. The molecule has 24 heteroatoms. The van der Waals surface area contributed by atoms with Crippen LogP contribution in [0.15, 0.2) is 0 Å². The number of hydrogen-bond donors (Lipinski definition) is 7. The molecule has 2 rings (SSSR count). The first kappa shape index (κ1) is 57.6. The van der Waals surface area contributed by atoms with Crippen LogP contribution in [0.4, 0.5) is 0 Å². The van der Waals surface area contributed by atoms with Crippen LogP contribution in [0.3, 0.4) is 0 Å². The van der Waals surface area contributed by atoms with Crippen LogP contribution in [0.25, 0.3) is 0 Å². The van der Waals surface area contributed by atoms with E-state index in [-0.39, 0.29) is 90.1 Å². The van der Waals surface area contributed by atoms with Crippen molar-refractivity contribution in [2.45, 2.75) is 121 Å². The number of carbonyl (C=O) groups is 10. The van der Waals surface area contributed by atoms with Gasteiger partial charge in [-0.3, -0.25) is 45.2 Å². The Bertz CT molecular complexity index is 1580. The van der Waals surface area contributed by atoms with Crippen molar-refractivity contribution in [3.05, 3.63) is 0 Å². The average molecular weight is 985 g/mol. The average Bonchev–Trinajstić information content (AvgIpc) is 3.24. The molecule has 2 heterocycles. The minimum atomic E-state index is -1.72. The van der Waals surface area contributed by atoms with Crippen LogP contribution in [-0.4, -0.2) is 198 Å². The van der Waals surface area contributed by atoms with E-state index < -0.39 is 96.9 Å². The third-order valence-corrected chi connectivity index (χ3v) is 11.1. The number of carboxylic acid groups (broad SMARTS) is 1. The number of aldehydes is 5. The second-order valence-electron chi connectivity index (χ2n) is 15.9. The second kappa shape index (κ2) is 29.2. The molecule has 0 aromatic rings. The van der Waals surface area contributed by atoms with Crippen molar-refractivity contribution in [1.82, 2.24) is 46.2 Å². The number of rotatable bonds is 30. The van der Waals surface area contributed by atoms with Crippen molar-refractivity contribution in [3.8, 4) is 0 Å². The summed E-state index contributed by atoms with van der Waals surface area (Å²) in [6.45, 7) is 7.09. The molecule has 0 aromatic carbocycles. The maximum atomic E-state index is 15.0. The summed E-state index contributed by atoms with van der Waals surface area (Å²) < 4.78 is 0. The molecule has 0 bridgehead atoms. The van der Waals surface area contributed by atoms with Gasteiger partial charge in [0, 0.05) is 71.9 Å². The third kappa shape index (κ3) is 16.8. The first-order chi connectivity index (χ1) is 29.5. The summed E-state index contributed by atoms with van der Waals surface area (Å²) in [6, 6.07) is -6.18. The van der Waals surface area contributed by atoms with Gasteiger partial charge in [-0.15, -0.1) is 0 Å². The van der Waals surface area contributed by atoms with Gasteiger partial charge in [0.05, 0.1) is 36.3 Å². The maximum Gasteiger partial charge on any atom is 0.303 e. The van der Waals surface area contributed by atoms with Crippen molar-refractivity contribution in [3.63, 3.8) is 0 Å². The Morgan fingerprint density at radius 1 is 0.778 bits per heavy atom. The van der Waals surface area contributed by atoms with E-state index in [9.17, 15) is 57.8 Å². The summed E-state index contributed by atoms with van der Waals surface area (Å²) in [7, 11) is 0. The molecule has 2 aliphatic heterocycles. The first-order valence-electron chi connectivity index (χ1n) is 20.5. The Labute approximate surface area is 397 Å². The zero-order chi connectivity index (χ0) is 46.7. The molecule has 10 atom stereocenters. The van der Waals surface area contributed by atoms with Gasteiger partial charge in [0.1, 0.15) is 31.4 Å². The standard InChI is InChI=1S/C39H63N10O12S.Y/c1-23(2)15-28(20-53)42-29(16-40)36(58)47-12-13-49(38(60)34(47)43-26(18-51)7-8-32(56)57)35(44-27(19-52)9-14-62-6)39(61)48-11-10-46(37(59)33(48)41-25(5)17-50)31(22-55)45-30(21-54)24(3)4;/h17-21,23-31,33-35,41-45H,7-16,40H2,1-6H3,(H,56,57);/q-1;/t25-,26-,27-,28-,29+,30+,31+,33+,34+,35+;/m0./s1. The molecule has 4 amide bonds. The number of hydrogen-bond acceptors (Lipinski definition) is 18. The van der Waals surface area contributed by atoms with Crippen molar-refractivity contribution < 1.29 is 90.6 Å². The van der Waals surface area contributed by atoms with E-state index in [0.717, 1.165) is 19.6 Å². The van der Waals surface area contributed by atoms with Gasteiger partial charge in [-0.05, 0) is 56.2 Å². The number of piperazine rings is 2. The number of carboxylic acids is 1. The van der Waals surface area contributed by atoms with E-state index in [0.29, 0.717) is 43.6 Å². The van der Waals surface area contributed by atoms with Crippen LogP contribution in [-0.2, 0) is 85.4 Å². The normalized spacial score (nSPS) is 20.7. The predicted octanol–water partition coefficient (Wildman–Crippen LogP) is -3.81. The van der Waals surface area contributed by atoms with E-state index in [1.165, 1.54) is 18.7 Å². The van der Waals surface area contributed by atoms with Gasteiger partial charge in [0.25, 0.3) is 17.7 Å². The summed E-state index contributed by atoms with van der Waals surface area (Å²) in [6.07, 6.45) is -0.578. The zero-order valence-corrected chi connectivity index (χ0v) is 40.3. The summed E-state index contributed by atoms with van der Waals surface area (Å²) in [5.74, 6) is -4.50. The summed E-state index contributed by atoms with van der Waals surface area (Å²) >= 11 is 1.41. The monoisotopic (exact) mass is 984 g/mol. The molecule has 2 saturated heterocycles. The molecule has 0 unspecified atom stereocenters. The molecule has 0 spiro atoms. The van der Waals surface area contributed by atoms with E-state index >= 15 is 0 Å². The number of nitrogens with one attached hydrogen (secondary N) is 5. The van der Waals surface area contributed by atoms with Crippen molar-refractivity contribution in [2.75, 3.05) is 44.7 Å². The molecule has 8 N–H and O–H groups in total. The van der Waals surface area contributed by atoms with Gasteiger partial charge in [-0.1, -0.05) is 27.7 Å². The van der Waals surface area contributed by atoms with Crippen LogP contribution >= 0.6 is 11.8 Å². The molecule has 2 fully saturated rings. The molecule has 0 aromatic heterocycles. The Hall–Kier alpha value is -3.42. The second-order valence-corrected chi connectivity index (χ2v) is 16.9. The first-order valence-corrected chi connectivity index (χ1v) is 21.9. The quantitative estimate of drug-likeness (QED) is 0.0268. The topological polar surface area (TPSA) is 307 Å². The van der Waals surface area contributed by atoms with Crippen molar-refractivity contribution in [1.29, 1.82) is 0 Å². The van der Waals surface area contributed by atoms with E-state index in [2.05, 4.69) is 26.6 Å². The third-order valence-electron chi connectivity index (χ3n) is 10.4. The smallest absolute Gasteiger partial charge is 0.303 e. The minimum Gasteiger partial charge on any atom is -0.539 e. The Kier molecular flexibility index (Phi) is 26.7. The molecule has 2 aliphatic rings. The largest absolute Gasteiger partial charge is 0.539 e. The molecule has 351 valence electrons. The molecule has 1 radical (unpaired) electrons. The number of aliphatic carboxylic acids is 1. The Morgan fingerprint density at radius 2 is 1.35 bits per heavy atom. The van der Waals surface area contributed by atoms with Crippen LogP contribution < -0.4 is 32.3 Å². The number of amides is 4. The number of thioether (sulfide) groups is 1.